The quantitative estimate of drug-likeness (QED) is 0.473. The summed E-state index contributed by atoms with van der Waals surface area (Å²) in [5.74, 6) is 0.701. The van der Waals surface area contributed by atoms with Crippen molar-refractivity contribution >= 4 is 29.1 Å². The van der Waals surface area contributed by atoms with Crippen molar-refractivity contribution in [1.82, 2.24) is 15.5 Å². The maximum atomic E-state index is 12.0. The van der Waals surface area contributed by atoms with Gasteiger partial charge in [0.1, 0.15) is 12.4 Å². The number of nitrogens with zero attached hydrogens (tertiary/aromatic N) is 3. The summed E-state index contributed by atoms with van der Waals surface area (Å²) in [6.45, 7) is 5.48. The van der Waals surface area contributed by atoms with E-state index in [4.69, 9.17) is 10.5 Å². The van der Waals surface area contributed by atoms with Crippen LogP contribution < -0.4 is 26.6 Å². The van der Waals surface area contributed by atoms with E-state index in [0.717, 1.165) is 42.9 Å². The Balaban J connectivity index is 1.40. The third-order valence-corrected chi connectivity index (χ3v) is 5.86. The Hall–Kier alpha value is -3.27. The van der Waals surface area contributed by atoms with Crippen molar-refractivity contribution in [2.24, 2.45) is 10.7 Å². The van der Waals surface area contributed by atoms with Crippen LogP contribution in [0.25, 0.3) is 0 Å². The number of benzene rings is 1. The summed E-state index contributed by atoms with van der Waals surface area (Å²) >= 11 is 0. The van der Waals surface area contributed by atoms with Crippen molar-refractivity contribution in [3.05, 3.63) is 35.2 Å². The zero-order valence-electron chi connectivity index (χ0n) is 18.6. The molecule has 1 aromatic carbocycles. The highest BCUT2D eigenvalue weighted by molar-refractivity contribution is 6.00. The van der Waals surface area contributed by atoms with Crippen LogP contribution in [0.5, 0.6) is 0 Å². The number of primary amides is 1. The number of hydrogen-bond donors (Lipinski definition) is 4. The van der Waals surface area contributed by atoms with E-state index in [9.17, 15) is 9.59 Å². The Bertz CT molecular complexity index is 947. The van der Waals surface area contributed by atoms with E-state index in [0.29, 0.717) is 43.0 Å². The molecule has 2 aliphatic heterocycles. The number of carbonyl (C=O) groups is 2. The molecule has 2 heterocycles. The number of methoxy groups -OCH3 is 1. The van der Waals surface area contributed by atoms with E-state index in [1.54, 1.807) is 7.11 Å². The molecule has 1 saturated heterocycles. The fourth-order valence-corrected chi connectivity index (χ4v) is 3.93. The number of nitrogens with one attached hydrogen (secondary N) is 3. The van der Waals surface area contributed by atoms with Gasteiger partial charge in [-0.2, -0.15) is 4.99 Å². The van der Waals surface area contributed by atoms with E-state index in [1.807, 2.05) is 11.0 Å². The summed E-state index contributed by atoms with van der Waals surface area (Å²) in [7, 11) is 1.54. The molecule has 0 unspecified atom stereocenters. The van der Waals surface area contributed by atoms with Gasteiger partial charge in [0.05, 0.1) is 12.1 Å². The standard InChI is InChI=1S/C22H31N7O3/c1-14-11-16(5-6-18(14)28-7-9-29(10-8-28)19(30)13-32-2)26-22-24-12-17(20(23)31)21(27-22)25-15-3-4-15/h5-6,11,15,25H,3-4,7-10,12-13H2,1-2H3,(H2,23,31)(H2,24,26,27). The first-order valence-corrected chi connectivity index (χ1v) is 11.0. The van der Waals surface area contributed by atoms with E-state index in [1.165, 1.54) is 0 Å². The predicted molar refractivity (Wildman–Crippen MR) is 123 cm³/mol. The Morgan fingerprint density at radius 3 is 2.62 bits per heavy atom. The minimum atomic E-state index is -0.465. The van der Waals surface area contributed by atoms with Gasteiger partial charge in [-0.25, -0.2) is 0 Å². The zero-order chi connectivity index (χ0) is 22.7. The second-order valence-corrected chi connectivity index (χ2v) is 8.35. The summed E-state index contributed by atoms with van der Waals surface area (Å²) in [5.41, 5.74) is 9.16. The average Bonchev–Trinajstić information content (AvgIpc) is 3.58. The molecule has 10 heteroatoms. The SMILES string of the molecule is COCC(=O)N1CCN(c2ccc(NC3=NC(NC4CC4)=C(C(N)=O)CN3)cc2C)CC1. The normalized spacial score (nSPS) is 18.8. The lowest BCUT2D eigenvalue weighted by Crippen LogP contribution is -2.49. The lowest BCUT2D eigenvalue weighted by Gasteiger charge is -2.36. The Morgan fingerprint density at radius 2 is 2.00 bits per heavy atom. The maximum absolute atomic E-state index is 12.0. The molecule has 4 rings (SSSR count). The first kappa shape index (κ1) is 21.9. The van der Waals surface area contributed by atoms with E-state index >= 15 is 0 Å². The number of amides is 2. The van der Waals surface area contributed by atoms with Crippen LogP contribution in [0.3, 0.4) is 0 Å². The Morgan fingerprint density at radius 1 is 1.25 bits per heavy atom. The number of guanidine groups is 1. The number of ether oxygens (including phenoxy) is 1. The number of aliphatic imine (C=N–C) groups is 1. The summed E-state index contributed by atoms with van der Waals surface area (Å²) in [4.78, 5) is 32.4. The van der Waals surface area contributed by atoms with Gasteiger partial charge in [-0.3, -0.25) is 9.59 Å². The molecule has 0 radical (unpaired) electrons. The Labute approximate surface area is 187 Å². The largest absolute Gasteiger partial charge is 0.375 e. The van der Waals surface area contributed by atoms with Crippen LogP contribution in [0.15, 0.2) is 34.6 Å². The van der Waals surface area contributed by atoms with Crippen LogP contribution in [0.2, 0.25) is 0 Å². The molecule has 172 valence electrons. The van der Waals surface area contributed by atoms with Gasteiger partial charge in [-0.1, -0.05) is 0 Å². The lowest BCUT2D eigenvalue weighted by molar-refractivity contribution is -0.135. The van der Waals surface area contributed by atoms with Crippen LogP contribution in [0.1, 0.15) is 18.4 Å². The number of carbonyl (C=O) groups excluding carboxylic acids is 2. The molecule has 0 atom stereocenters. The summed E-state index contributed by atoms with van der Waals surface area (Å²) < 4.78 is 4.95. The first-order chi connectivity index (χ1) is 15.4. The highest BCUT2D eigenvalue weighted by Crippen LogP contribution is 2.26. The second kappa shape index (κ2) is 9.47. The fraction of sp³-hybridized carbons (Fsp3) is 0.500. The topological polar surface area (TPSA) is 124 Å². The molecule has 2 amide bonds. The third kappa shape index (κ3) is 5.13. The molecule has 10 nitrogen and oxygen atoms in total. The van der Waals surface area contributed by atoms with Gasteiger partial charge in [0.2, 0.25) is 17.8 Å². The monoisotopic (exact) mass is 441 g/mol. The fourth-order valence-electron chi connectivity index (χ4n) is 3.93. The highest BCUT2D eigenvalue weighted by Gasteiger charge is 2.27. The smallest absolute Gasteiger partial charge is 0.250 e. The van der Waals surface area contributed by atoms with Crippen molar-refractivity contribution in [3.8, 4) is 0 Å². The van der Waals surface area contributed by atoms with Gasteiger partial charge in [0, 0.05) is 50.7 Å². The van der Waals surface area contributed by atoms with Gasteiger partial charge in [-0.05, 0) is 43.5 Å². The van der Waals surface area contributed by atoms with E-state index in [-0.39, 0.29) is 12.5 Å². The summed E-state index contributed by atoms with van der Waals surface area (Å²) in [5, 5.41) is 9.72. The van der Waals surface area contributed by atoms with Gasteiger partial charge in [-0.15, -0.1) is 0 Å². The molecule has 1 saturated carbocycles. The van der Waals surface area contributed by atoms with Crippen molar-refractivity contribution < 1.29 is 14.3 Å². The minimum Gasteiger partial charge on any atom is -0.375 e. The van der Waals surface area contributed by atoms with Crippen molar-refractivity contribution in [1.29, 1.82) is 0 Å². The molecule has 0 aromatic heterocycles. The lowest BCUT2D eigenvalue weighted by atomic mass is 10.1. The van der Waals surface area contributed by atoms with E-state index in [2.05, 4.69) is 44.9 Å². The van der Waals surface area contributed by atoms with Crippen LogP contribution in [0.4, 0.5) is 11.4 Å². The van der Waals surface area contributed by atoms with Crippen molar-refractivity contribution in [2.75, 3.05) is 56.7 Å². The summed E-state index contributed by atoms with van der Waals surface area (Å²) in [6, 6.07) is 6.54. The molecule has 5 N–H and O–H groups in total. The van der Waals surface area contributed by atoms with Gasteiger partial charge in [0.15, 0.2) is 0 Å². The maximum Gasteiger partial charge on any atom is 0.250 e. The Kier molecular flexibility index (Phi) is 6.50. The molecule has 3 aliphatic rings. The molecule has 32 heavy (non-hydrogen) atoms. The number of piperazine rings is 1. The van der Waals surface area contributed by atoms with Crippen LogP contribution in [-0.4, -0.2) is 75.2 Å². The van der Waals surface area contributed by atoms with Crippen LogP contribution in [0, 0.1) is 6.92 Å². The highest BCUT2D eigenvalue weighted by atomic mass is 16.5. The number of nitrogens with two attached hydrogens (primary N) is 1. The number of aryl methyl sites for hydroxylation is 1. The number of anilines is 2. The molecule has 1 aliphatic carbocycles. The van der Waals surface area contributed by atoms with Gasteiger partial charge >= 0.3 is 0 Å². The molecule has 2 fully saturated rings. The second-order valence-electron chi connectivity index (χ2n) is 8.35. The molecule has 0 bridgehead atoms. The number of rotatable bonds is 7. The molecule has 0 spiro atoms. The van der Waals surface area contributed by atoms with Crippen LogP contribution >= 0.6 is 0 Å². The molecular weight excluding hydrogens is 410 g/mol. The number of hydrogen-bond acceptors (Lipinski definition) is 8. The summed E-state index contributed by atoms with van der Waals surface area (Å²) in [6.07, 6.45) is 2.16. The molecule has 1 aromatic rings. The van der Waals surface area contributed by atoms with Crippen LogP contribution in [-0.2, 0) is 14.3 Å². The first-order valence-electron chi connectivity index (χ1n) is 11.0. The predicted octanol–water partition coefficient (Wildman–Crippen LogP) is 0.110. The average molecular weight is 442 g/mol. The van der Waals surface area contributed by atoms with Gasteiger partial charge in [0.25, 0.3) is 0 Å². The zero-order valence-corrected chi connectivity index (χ0v) is 18.6. The minimum absolute atomic E-state index is 0.0354. The molecular formula is C22H31N7O3. The third-order valence-electron chi connectivity index (χ3n) is 5.86. The van der Waals surface area contributed by atoms with Crippen molar-refractivity contribution in [3.63, 3.8) is 0 Å². The van der Waals surface area contributed by atoms with Gasteiger partial charge < -0.3 is 36.2 Å². The van der Waals surface area contributed by atoms with E-state index < -0.39 is 5.91 Å². The van der Waals surface area contributed by atoms with Crippen molar-refractivity contribution in [2.45, 2.75) is 25.8 Å².